The highest BCUT2D eigenvalue weighted by Crippen LogP contribution is 2.42. The number of carbonyl (C=O) groups is 1. The normalized spacial score (nSPS) is 19.5. The summed E-state index contributed by atoms with van der Waals surface area (Å²) in [6.45, 7) is 6.33. The molecule has 1 amide bonds. The van der Waals surface area contributed by atoms with Crippen molar-refractivity contribution in [2.24, 2.45) is 5.41 Å². The fourth-order valence-corrected chi connectivity index (χ4v) is 3.38. The zero-order chi connectivity index (χ0) is 15.9. The highest BCUT2D eigenvalue weighted by molar-refractivity contribution is 7.71. The van der Waals surface area contributed by atoms with Crippen LogP contribution in [0.5, 0.6) is 0 Å². The summed E-state index contributed by atoms with van der Waals surface area (Å²) in [5.74, 6) is 1.73. The first-order valence-corrected chi connectivity index (χ1v) is 7.84. The van der Waals surface area contributed by atoms with Crippen LogP contribution < -0.4 is 5.32 Å². The fourth-order valence-electron chi connectivity index (χ4n) is 3.15. The number of fused-ring (bicyclic) bond motifs is 1. The Bertz CT molecular complexity index is 773. The lowest BCUT2D eigenvalue weighted by atomic mass is 9.74. The Morgan fingerprint density at radius 2 is 2.27 bits per heavy atom. The molecular weight excluding hydrogens is 296 g/mol. The third kappa shape index (κ3) is 2.86. The van der Waals surface area contributed by atoms with E-state index in [0.717, 1.165) is 29.9 Å². The van der Waals surface area contributed by atoms with Crippen LogP contribution in [0.1, 0.15) is 53.8 Å². The lowest BCUT2D eigenvalue weighted by molar-refractivity contribution is 0.0916. The summed E-state index contributed by atoms with van der Waals surface area (Å²) in [5.41, 5.74) is 1.69. The molecule has 0 saturated carbocycles. The Labute approximate surface area is 134 Å². The predicted octanol–water partition coefficient (Wildman–Crippen LogP) is 4.09. The molecule has 0 aromatic carbocycles. The average molecular weight is 316 g/mol. The van der Waals surface area contributed by atoms with E-state index < -0.39 is 0 Å². The zero-order valence-corrected chi connectivity index (χ0v) is 13.8. The van der Waals surface area contributed by atoms with E-state index in [4.69, 9.17) is 16.6 Å². The van der Waals surface area contributed by atoms with Crippen molar-refractivity contribution < 1.29 is 9.21 Å². The van der Waals surface area contributed by atoms with Crippen LogP contribution in [0.2, 0.25) is 0 Å². The van der Waals surface area contributed by atoms with Crippen molar-refractivity contribution in [1.82, 2.24) is 10.3 Å². The number of hydrogen-bond donors (Lipinski definition) is 2. The number of H-pyrrole nitrogens is 1. The highest BCUT2D eigenvalue weighted by atomic mass is 32.1. The maximum absolute atomic E-state index is 12.5. The van der Waals surface area contributed by atoms with Crippen LogP contribution >= 0.6 is 12.2 Å². The number of aromatic nitrogens is 1. The van der Waals surface area contributed by atoms with Crippen LogP contribution in [-0.4, -0.2) is 10.9 Å². The molecule has 116 valence electrons. The van der Waals surface area contributed by atoms with Gasteiger partial charge in [-0.25, -0.2) is 0 Å². The molecule has 22 heavy (non-hydrogen) atoms. The van der Waals surface area contributed by atoms with E-state index in [1.165, 1.54) is 0 Å². The van der Waals surface area contributed by atoms with Gasteiger partial charge in [-0.15, -0.1) is 0 Å². The minimum absolute atomic E-state index is 0.0432. The SMILES string of the molecule is Cc1cc2c(o1)CC(C)(C)C[C@@H]2NC(=O)c1ccc[nH]c1=S. The van der Waals surface area contributed by atoms with Crippen molar-refractivity contribution in [3.8, 4) is 0 Å². The molecule has 2 heterocycles. The molecule has 2 aromatic rings. The number of pyridine rings is 1. The van der Waals surface area contributed by atoms with Crippen molar-refractivity contribution in [2.45, 2.75) is 39.7 Å². The van der Waals surface area contributed by atoms with Crippen molar-refractivity contribution in [2.75, 3.05) is 0 Å². The summed E-state index contributed by atoms with van der Waals surface area (Å²) in [5, 5.41) is 3.12. The molecule has 1 aliphatic rings. The summed E-state index contributed by atoms with van der Waals surface area (Å²) in [7, 11) is 0. The quantitative estimate of drug-likeness (QED) is 0.820. The molecule has 0 bridgehead atoms. The maximum atomic E-state index is 12.5. The second kappa shape index (κ2) is 5.39. The lowest BCUT2D eigenvalue weighted by Crippen LogP contribution is -2.36. The highest BCUT2D eigenvalue weighted by Gasteiger charge is 2.35. The first-order valence-electron chi connectivity index (χ1n) is 7.43. The molecular formula is C17H20N2O2S. The largest absolute Gasteiger partial charge is 0.466 e. The third-order valence-corrected chi connectivity index (χ3v) is 4.44. The van der Waals surface area contributed by atoms with Crippen LogP contribution in [0.15, 0.2) is 28.8 Å². The molecule has 2 N–H and O–H groups in total. The smallest absolute Gasteiger partial charge is 0.254 e. The Balaban J connectivity index is 1.90. The van der Waals surface area contributed by atoms with Crippen molar-refractivity contribution in [3.05, 3.63) is 51.7 Å². The molecule has 1 aliphatic carbocycles. The van der Waals surface area contributed by atoms with E-state index in [0.29, 0.717) is 10.2 Å². The molecule has 4 nitrogen and oxygen atoms in total. The van der Waals surface area contributed by atoms with Gasteiger partial charge in [-0.1, -0.05) is 26.1 Å². The minimum Gasteiger partial charge on any atom is -0.466 e. The van der Waals surface area contributed by atoms with Crippen LogP contribution in [0.25, 0.3) is 0 Å². The number of rotatable bonds is 2. The Morgan fingerprint density at radius 3 is 3.00 bits per heavy atom. The van der Waals surface area contributed by atoms with E-state index in [1.807, 2.05) is 13.0 Å². The fraction of sp³-hybridized carbons (Fsp3) is 0.412. The zero-order valence-electron chi connectivity index (χ0n) is 13.0. The van der Waals surface area contributed by atoms with Gasteiger partial charge in [-0.3, -0.25) is 4.79 Å². The molecule has 0 saturated heterocycles. The summed E-state index contributed by atoms with van der Waals surface area (Å²) in [6.07, 6.45) is 3.50. The number of furan rings is 1. The lowest BCUT2D eigenvalue weighted by Gasteiger charge is -2.34. The summed E-state index contributed by atoms with van der Waals surface area (Å²) < 4.78 is 6.26. The number of amides is 1. The molecule has 1 atom stereocenters. The molecule has 0 aliphatic heterocycles. The molecule has 0 radical (unpaired) electrons. The molecule has 0 fully saturated rings. The van der Waals surface area contributed by atoms with Gasteiger partial charge in [0.1, 0.15) is 16.2 Å². The Kier molecular flexibility index (Phi) is 3.68. The Hall–Kier alpha value is -1.88. The second-order valence-electron chi connectivity index (χ2n) is 6.72. The average Bonchev–Trinajstić information content (AvgIpc) is 2.78. The molecule has 5 heteroatoms. The van der Waals surface area contributed by atoms with Gasteiger partial charge in [0.2, 0.25) is 0 Å². The predicted molar refractivity (Wildman–Crippen MR) is 87.4 cm³/mol. The molecule has 3 rings (SSSR count). The van der Waals surface area contributed by atoms with Crippen molar-refractivity contribution >= 4 is 18.1 Å². The van der Waals surface area contributed by atoms with Crippen LogP contribution in [-0.2, 0) is 6.42 Å². The van der Waals surface area contributed by atoms with Gasteiger partial charge in [-0.2, -0.15) is 0 Å². The topological polar surface area (TPSA) is 58.0 Å². The van der Waals surface area contributed by atoms with Gasteiger partial charge >= 0.3 is 0 Å². The first kappa shape index (κ1) is 15.0. The van der Waals surface area contributed by atoms with Gasteiger partial charge in [0.25, 0.3) is 5.91 Å². The monoisotopic (exact) mass is 316 g/mol. The van der Waals surface area contributed by atoms with E-state index in [2.05, 4.69) is 24.1 Å². The van der Waals surface area contributed by atoms with E-state index in [-0.39, 0.29) is 17.4 Å². The first-order chi connectivity index (χ1) is 10.4. The van der Waals surface area contributed by atoms with Gasteiger partial charge < -0.3 is 14.7 Å². The van der Waals surface area contributed by atoms with Gasteiger partial charge in [0, 0.05) is 18.2 Å². The number of nitrogens with one attached hydrogen (secondary N) is 2. The number of carbonyl (C=O) groups excluding carboxylic acids is 1. The van der Waals surface area contributed by atoms with Gasteiger partial charge in [0.15, 0.2) is 0 Å². The van der Waals surface area contributed by atoms with Crippen molar-refractivity contribution in [3.63, 3.8) is 0 Å². The summed E-state index contributed by atoms with van der Waals surface area (Å²) in [4.78, 5) is 15.4. The number of aromatic amines is 1. The second-order valence-corrected chi connectivity index (χ2v) is 7.13. The van der Waals surface area contributed by atoms with E-state index in [9.17, 15) is 4.79 Å². The number of hydrogen-bond acceptors (Lipinski definition) is 3. The van der Waals surface area contributed by atoms with Crippen LogP contribution in [0.4, 0.5) is 0 Å². The molecule has 0 spiro atoms. The van der Waals surface area contributed by atoms with Gasteiger partial charge in [0.05, 0.1) is 11.6 Å². The maximum Gasteiger partial charge on any atom is 0.254 e. The van der Waals surface area contributed by atoms with E-state index in [1.54, 1.807) is 18.3 Å². The minimum atomic E-state index is -0.144. The molecule has 2 aromatic heterocycles. The van der Waals surface area contributed by atoms with E-state index >= 15 is 0 Å². The van der Waals surface area contributed by atoms with Gasteiger partial charge in [-0.05, 0) is 37.0 Å². The Morgan fingerprint density at radius 1 is 1.50 bits per heavy atom. The molecule has 0 unspecified atom stereocenters. The summed E-state index contributed by atoms with van der Waals surface area (Å²) >= 11 is 5.19. The standard InChI is InChI=1S/C17H20N2O2S/c1-10-7-12-13(8-17(2,3)9-14(12)21-10)19-15(20)11-5-4-6-18-16(11)22/h4-7,13H,8-9H2,1-3H3,(H,18,22)(H,19,20)/t13-/m0/s1. The summed E-state index contributed by atoms with van der Waals surface area (Å²) in [6, 6.07) is 5.51. The van der Waals surface area contributed by atoms with Crippen molar-refractivity contribution in [1.29, 1.82) is 0 Å². The third-order valence-electron chi connectivity index (χ3n) is 4.10. The van der Waals surface area contributed by atoms with Crippen LogP contribution in [0, 0.1) is 17.0 Å². The van der Waals surface area contributed by atoms with Crippen LogP contribution in [0.3, 0.4) is 0 Å². The number of aryl methyl sites for hydroxylation is 1.